The molecule has 1 aromatic carbocycles. The number of ketones is 1. The van der Waals surface area contributed by atoms with Crippen LogP contribution in [0.15, 0.2) is 59.0 Å². The Labute approximate surface area is 166 Å². The van der Waals surface area contributed by atoms with E-state index in [-0.39, 0.29) is 17.5 Å². The van der Waals surface area contributed by atoms with Gasteiger partial charge in [-0.25, -0.2) is 10.1 Å². The number of aromatic nitrogens is 4. The molecule has 2 heterocycles. The van der Waals surface area contributed by atoms with Gasteiger partial charge in [0.15, 0.2) is 5.78 Å². The van der Waals surface area contributed by atoms with Crippen LogP contribution in [0.2, 0.25) is 0 Å². The summed E-state index contributed by atoms with van der Waals surface area (Å²) in [7, 11) is 1.56. The number of ether oxygens (including phenoxy) is 1. The summed E-state index contributed by atoms with van der Waals surface area (Å²) in [5.41, 5.74) is 5.01. The zero-order valence-electron chi connectivity index (χ0n) is 15.4. The number of rotatable bonds is 8. The zero-order valence-corrected chi connectivity index (χ0v) is 16.2. The number of methoxy groups -OCH3 is 1. The lowest BCUT2D eigenvalue weighted by Crippen LogP contribution is -2.14. The molecule has 0 aliphatic rings. The fourth-order valence-corrected chi connectivity index (χ4v) is 3.00. The predicted molar refractivity (Wildman–Crippen MR) is 108 cm³/mol. The molecule has 0 saturated carbocycles. The average Bonchev–Trinajstić information content (AvgIpc) is 3.10. The van der Waals surface area contributed by atoms with Gasteiger partial charge in [0, 0.05) is 23.5 Å². The van der Waals surface area contributed by atoms with Crippen LogP contribution in [0.5, 0.6) is 5.75 Å². The highest BCUT2D eigenvalue weighted by molar-refractivity contribution is 7.99. The van der Waals surface area contributed by atoms with Crippen molar-refractivity contribution < 1.29 is 9.53 Å². The molecule has 0 fully saturated rings. The number of nitrogen functional groups attached to an aromatic ring is 1. The second-order valence-corrected chi connectivity index (χ2v) is 6.61. The van der Waals surface area contributed by atoms with E-state index >= 15 is 0 Å². The highest BCUT2D eigenvalue weighted by Gasteiger charge is 2.13. The van der Waals surface area contributed by atoms with E-state index < -0.39 is 0 Å². The molecule has 0 saturated heterocycles. The Hall–Kier alpha value is -3.40. The van der Waals surface area contributed by atoms with Gasteiger partial charge in [-0.2, -0.15) is 5.10 Å². The summed E-state index contributed by atoms with van der Waals surface area (Å²) in [5.74, 6) is 7.00. The van der Waals surface area contributed by atoms with Crippen LogP contribution >= 0.6 is 11.8 Å². The number of carbonyl (C=O) groups excluding carboxylic acids is 1. The molecule has 0 radical (unpaired) electrons. The van der Waals surface area contributed by atoms with Crippen molar-refractivity contribution in [2.24, 2.45) is 5.10 Å². The van der Waals surface area contributed by atoms with Crippen LogP contribution in [0.25, 0.3) is 0 Å². The SMILES string of the molecule is COc1cccc(C(=O)CSc2nnc(N/N=C(\C)c3ccncc3)n2N)c1. The number of nitrogens with zero attached hydrogens (tertiary/aromatic N) is 5. The van der Waals surface area contributed by atoms with E-state index in [0.717, 1.165) is 11.3 Å². The Morgan fingerprint density at radius 2 is 2.04 bits per heavy atom. The molecule has 3 rings (SSSR count). The lowest BCUT2D eigenvalue weighted by molar-refractivity contribution is 0.102. The van der Waals surface area contributed by atoms with Gasteiger partial charge in [0.1, 0.15) is 5.75 Å². The zero-order chi connectivity index (χ0) is 19.9. The molecule has 0 aliphatic carbocycles. The smallest absolute Gasteiger partial charge is 0.264 e. The Morgan fingerprint density at radius 3 is 2.79 bits per heavy atom. The van der Waals surface area contributed by atoms with Gasteiger partial charge >= 0.3 is 0 Å². The summed E-state index contributed by atoms with van der Waals surface area (Å²) in [6, 6.07) is 10.7. The fraction of sp³-hybridized carbons (Fsp3) is 0.167. The van der Waals surface area contributed by atoms with E-state index in [9.17, 15) is 4.79 Å². The van der Waals surface area contributed by atoms with Gasteiger partial charge in [-0.3, -0.25) is 9.78 Å². The first-order chi connectivity index (χ1) is 13.6. The third-order valence-electron chi connectivity index (χ3n) is 3.81. The Balaban J connectivity index is 1.62. The monoisotopic (exact) mass is 397 g/mol. The summed E-state index contributed by atoms with van der Waals surface area (Å²) in [4.78, 5) is 16.3. The molecule has 144 valence electrons. The average molecular weight is 397 g/mol. The molecule has 0 aliphatic heterocycles. The summed E-state index contributed by atoms with van der Waals surface area (Å²) in [6.45, 7) is 1.85. The number of carbonyl (C=O) groups is 1. The number of hydrogen-bond donors (Lipinski definition) is 2. The molecule has 10 heteroatoms. The lowest BCUT2D eigenvalue weighted by atomic mass is 10.1. The normalized spacial score (nSPS) is 11.3. The van der Waals surface area contributed by atoms with Gasteiger partial charge in [0.2, 0.25) is 5.16 Å². The number of anilines is 1. The first-order valence-corrected chi connectivity index (χ1v) is 9.28. The lowest BCUT2D eigenvalue weighted by Gasteiger charge is -2.05. The van der Waals surface area contributed by atoms with Crippen LogP contribution in [0, 0.1) is 0 Å². The minimum Gasteiger partial charge on any atom is -0.497 e. The van der Waals surface area contributed by atoms with Gasteiger partial charge in [-0.05, 0) is 31.2 Å². The number of pyridine rings is 1. The predicted octanol–water partition coefficient (Wildman–Crippen LogP) is 2.21. The second kappa shape index (κ2) is 9.00. The van der Waals surface area contributed by atoms with Crippen molar-refractivity contribution in [1.82, 2.24) is 19.9 Å². The topological polar surface area (TPSA) is 120 Å². The van der Waals surface area contributed by atoms with Crippen molar-refractivity contribution in [2.45, 2.75) is 12.1 Å². The molecule has 0 bridgehead atoms. The number of benzene rings is 1. The maximum absolute atomic E-state index is 12.4. The Kier molecular flexibility index (Phi) is 6.22. The van der Waals surface area contributed by atoms with Crippen LogP contribution in [0.4, 0.5) is 5.95 Å². The molecule has 2 aromatic heterocycles. The van der Waals surface area contributed by atoms with Gasteiger partial charge in [0.05, 0.1) is 18.6 Å². The molecule has 0 spiro atoms. The van der Waals surface area contributed by atoms with E-state index in [1.165, 1.54) is 16.4 Å². The summed E-state index contributed by atoms with van der Waals surface area (Å²) in [5, 5.41) is 12.6. The highest BCUT2D eigenvalue weighted by Crippen LogP contribution is 2.20. The molecule has 9 nitrogen and oxygen atoms in total. The van der Waals surface area contributed by atoms with Gasteiger partial charge in [-0.1, -0.05) is 23.9 Å². The van der Waals surface area contributed by atoms with E-state index in [0.29, 0.717) is 16.5 Å². The maximum atomic E-state index is 12.4. The van der Waals surface area contributed by atoms with Crippen LogP contribution in [0.1, 0.15) is 22.8 Å². The van der Waals surface area contributed by atoms with Crippen LogP contribution < -0.4 is 16.0 Å². The number of Topliss-reactive ketones (excluding diaryl/α,β-unsaturated/α-hetero) is 1. The van der Waals surface area contributed by atoms with Gasteiger partial charge in [-0.15, -0.1) is 10.2 Å². The van der Waals surface area contributed by atoms with Crippen molar-refractivity contribution >= 4 is 29.2 Å². The molecule has 0 amide bonds. The quantitative estimate of drug-likeness (QED) is 0.195. The molecular weight excluding hydrogens is 378 g/mol. The van der Waals surface area contributed by atoms with Crippen molar-refractivity contribution in [3.63, 3.8) is 0 Å². The van der Waals surface area contributed by atoms with Crippen LogP contribution in [-0.2, 0) is 0 Å². The largest absolute Gasteiger partial charge is 0.497 e. The van der Waals surface area contributed by atoms with E-state index in [4.69, 9.17) is 10.6 Å². The third kappa shape index (κ3) is 4.65. The molecule has 0 unspecified atom stereocenters. The minimum absolute atomic E-state index is 0.0621. The number of nitrogens with two attached hydrogens (primary N) is 1. The molecule has 28 heavy (non-hydrogen) atoms. The Morgan fingerprint density at radius 1 is 1.25 bits per heavy atom. The number of thioether (sulfide) groups is 1. The second-order valence-electron chi connectivity index (χ2n) is 5.66. The summed E-state index contributed by atoms with van der Waals surface area (Å²) >= 11 is 1.19. The van der Waals surface area contributed by atoms with Crippen LogP contribution in [-0.4, -0.2) is 44.2 Å². The van der Waals surface area contributed by atoms with E-state index in [1.807, 2.05) is 19.1 Å². The Bertz CT molecular complexity index is 989. The first-order valence-electron chi connectivity index (χ1n) is 8.29. The minimum atomic E-state index is -0.0621. The number of hydrogen-bond acceptors (Lipinski definition) is 9. The standard InChI is InChI=1S/C18H19N7O2S/c1-12(13-6-8-20-9-7-13)21-22-17-23-24-18(25(17)19)28-11-16(26)14-4-3-5-15(10-14)27-2/h3-10H,11,19H2,1-2H3,(H,22,23)/b21-12+. The third-order valence-corrected chi connectivity index (χ3v) is 4.75. The number of hydrazone groups is 1. The maximum Gasteiger partial charge on any atom is 0.264 e. The van der Waals surface area contributed by atoms with E-state index in [2.05, 4.69) is 25.7 Å². The van der Waals surface area contributed by atoms with Crippen molar-refractivity contribution in [3.05, 3.63) is 59.9 Å². The van der Waals surface area contributed by atoms with Crippen molar-refractivity contribution in [1.29, 1.82) is 0 Å². The first kappa shape index (κ1) is 19.4. The highest BCUT2D eigenvalue weighted by atomic mass is 32.2. The van der Waals surface area contributed by atoms with Gasteiger partial charge < -0.3 is 10.6 Å². The van der Waals surface area contributed by atoms with Crippen LogP contribution in [0.3, 0.4) is 0 Å². The molecule has 0 atom stereocenters. The number of nitrogens with one attached hydrogen (secondary N) is 1. The molecule has 3 aromatic rings. The molecule has 3 N–H and O–H groups in total. The summed E-state index contributed by atoms with van der Waals surface area (Å²) in [6.07, 6.45) is 3.38. The summed E-state index contributed by atoms with van der Waals surface area (Å²) < 4.78 is 6.40. The molecular formula is C18H19N7O2S. The van der Waals surface area contributed by atoms with Gasteiger partial charge in [0.25, 0.3) is 5.95 Å². The fourth-order valence-electron chi connectivity index (χ4n) is 2.25. The van der Waals surface area contributed by atoms with E-state index in [1.54, 1.807) is 43.8 Å². The van der Waals surface area contributed by atoms with Crippen molar-refractivity contribution in [2.75, 3.05) is 24.1 Å². The van der Waals surface area contributed by atoms with Crippen molar-refractivity contribution in [3.8, 4) is 5.75 Å².